The van der Waals surface area contributed by atoms with Crippen LogP contribution < -0.4 is 11.3 Å². The Morgan fingerprint density at radius 1 is 1.71 bits per heavy atom. The minimum Gasteiger partial charge on any atom is -0.496 e. The van der Waals surface area contributed by atoms with Gasteiger partial charge in [-0.3, -0.25) is 5.84 Å². The Labute approximate surface area is 89.4 Å². The predicted molar refractivity (Wildman–Crippen MR) is 59.9 cm³/mol. The van der Waals surface area contributed by atoms with Gasteiger partial charge in [0.15, 0.2) is 0 Å². The second-order valence-corrected chi connectivity index (χ2v) is 5.74. The summed E-state index contributed by atoms with van der Waals surface area (Å²) < 4.78 is 5.80. The van der Waals surface area contributed by atoms with Gasteiger partial charge in [-0.2, -0.15) is 11.8 Å². The minimum atomic E-state index is 0.178. The van der Waals surface area contributed by atoms with E-state index in [1.54, 1.807) is 0 Å². The SMILES string of the molecule is CC1(C(NN)C2=CCCO2)CCCS1. The standard InChI is InChI=1S/C10H18N2OS/c1-10(5-3-7-14-10)9(12-11)8-4-2-6-13-8/h4,9,12H,2-3,5-7,11H2,1H3. The van der Waals surface area contributed by atoms with Crippen LogP contribution in [0.1, 0.15) is 26.2 Å². The van der Waals surface area contributed by atoms with Crippen LogP contribution in [0, 0.1) is 0 Å². The molecule has 0 aromatic heterocycles. The van der Waals surface area contributed by atoms with Crippen LogP contribution in [0.15, 0.2) is 11.8 Å². The second kappa shape index (κ2) is 4.13. The number of ether oxygens (including phenoxy) is 1. The molecule has 1 fully saturated rings. The van der Waals surface area contributed by atoms with Crippen molar-refractivity contribution in [3.05, 3.63) is 11.8 Å². The van der Waals surface area contributed by atoms with Gasteiger partial charge in [0.05, 0.1) is 12.6 Å². The van der Waals surface area contributed by atoms with Crippen molar-refractivity contribution in [3.8, 4) is 0 Å². The van der Waals surface area contributed by atoms with E-state index in [1.165, 1.54) is 18.6 Å². The first-order chi connectivity index (χ1) is 6.76. The number of hydrogen-bond acceptors (Lipinski definition) is 4. The molecule has 2 rings (SSSR count). The number of hydrogen-bond donors (Lipinski definition) is 2. The Hall–Kier alpha value is -0.190. The lowest BCUT2D eigenvalue weighted by atomic mass is 9.95. The van der Waals surface area contributed by atoms with Gasteiger partial charge in [0.25, 0.3) is 0 Å². The summed E-state index contributed by atoms with van der Waals surface area (Å²) in [6.45, 7) is 3.09. The Kier molecular flexibility index (Phi) is 3.04. The minimum absolute atomic E-state index is 0.178. The monoisotopic (exact) mass is 214 g/mol. The molecule has 3 nitrogen and oxygen atoms in total. The van der Waals surface area contributed by atoms with E-state index in [1.807, 2.05) is 11.8 Å². The molecule has 0 saturated carbocycles. The molecule has 0 aromatic rings. The van der Waals surface area contributed by atoms with Gasteiger partial charge in [-0.25, -0.2) is 5.43 Å². The van der Waals surface area contributed by atoms with E-state index >= 15 is 0 Å². The summed E-state index contributed by atoms with van der Waals surface area (Å²) in [4.78, 5) is 0. The van der Waals surface area contributed by atoms with Gasteiger partial charge in [-0.05, 0) is 31.6 Å². The van der Waals surface area contributed by atoms with E-state index in [2.05, 4.69) is 18.4 Å². The molecule has 2 atom stereocenters. The first-order valence-electron chi connectivity index (χ1n) is 5.19. The molecule has 0 aliphatic carbocycles. The third-order valence-electron chi connectivity index (χ3n) is 3.04. The molecule has 0 bridgehead atoms. The molecule has 0 amide bonds. The van der Waals surface area contributed by atoms with Gasteiger partial charge in [0.1, 0.15) is 5.76 Å². The number of hydrazine groups is 1. The number of nitrogens with two attached hydrogens (primary N) is 1. The number of rotatable bonds is 3. The van der Waals surface area contributed by atoms with Crippen molar-refractivity contribution in [1.29, 1.82) is 0 Å². The van der Waals surface area contributed by atoms with Gasteiger partial charge in [-0.15, -0.1) is 0 Å². The normalized spacial score (nSPS) is 34.0. The lowest BCUT2D eigenvalue weighted by Gasteiger charge is -2.32. The van der Waals surface area contributed by atoms with Gasteiger partial charge in [0, 0.05) is 11.2 Å². The van der Waals surface area contributed by atoms with E-state index in [-0.39, 0.29) is 10.8 Å². The predicted octanol–water partition coefficient (Wildman–Crippen LogP) is 1.41. The Morgan fingerprint density at radius 2 is 2.57 bits per heavy atom. The summed E-state index contributed by atoms with van der Waals surface area (Å²) in [6.07, 6.45) is 5.68. The fourth-order valence-electron chi connectivity index (χ4n) is 2.23. The van der Waals surface area contributed by atoms with E-state index in [4.69, 9.17) is 10.6 Å². The molecule has 4 heteroatoms. The summed E-state index contributed by atoms with van der Waals surface area (Å²) in [5, 5.41) is 0. The smallest absolute Gasteiger partial charge is 0.112 e. The molecule has 0 spiro atoms. The van der Waals surface area contributed by atoms with E-state index in [0.29, 0.717) is 0 Å². The van der Waals surface area contributed by atoms with Crippen LogP contribution in [-0.4, -0.2) is 23.1 Å². The molecule has 14 heavy (non-hydrogen) atoms. The highest BCUT2D eigenvalue weighted by Crippen LogP contribution is 2.42. The molecule has 80 valence electrons. The van der Waals surface area contributed by atoms with Crippen molar-refractivity contribution in [2.75, 3.05) is 12.4 Å². The fourth-order valence-corrected chi connectivity index (χ4v) is 3.62. The topological polar surface area (TPSA) is 47.3 Å². The third kappa shape index (κ3) is 1.78. The highest BCUT2D eigenvalue weighted by molar-refractivity contribution is 8.00. The zero-order valence-corrected chi connectivity index (χ0v) is 9.40. The summed E-state index contributed by atoms with van der Waals surface area (Å²) in [6, 6.07) is 0.178. The molecule has 0 radical (unpaired) electrons. The van der Waals surface area contributed by atoms with Crippen molar-refractivity contribution in [3.63, 3.8) is 0 Å². The molecule has 2 heterocycles. The van der Waals surface area contributed by atoms with Crippen LogP contribution in [0.25, 0.3) is 0 Å². The summed E-state index contributed by atoms with van der Waals surface area (Å²) >= 11 is 2.00. The van der Waals surface area contributed by atoms with Crippen LogP contribution in [-0.2, 0) is 4.74 Å². The molecule has 0 aromatic carbocycles. The van der Waals surface area contributed by atoms with Crippen LogP contribution in [0.2, 0.25) is 0 Å². The van der Waals surface area contributed by atoms with Gasteiger partial charge >= 0.3 is 0 Å². The molecule has 2 aliphatic rings. The van der Waals surface area contributed by atoms with Crippen molar-refractivity contribution < 1.29 is 4.74 Å². The zero-order valence-electron chi connectivity index (χ0n) is 8.58. The summed E-state index contributed by atoms with van der Waals surface area (Å²) in [7, 11) is 0. The van der Waals surface area contributed by atoms with Crippen molar-refractivity contribution in [1.82, 2.24) is 5.43 Å². The highest BCUT2D eigenvalue weighted by Gasteiger charge is 2.40. The summed E-state index contributed by atoms with van der Waals surface area (Å²) in [5.74, 6) is 7.92. The highest BCUT2D eigenvalue weighted by atomic mass is 32.2. The van der Waals surface area contributed by atoms with Crippen LogP contribution in [0.3, 0.4) is 0 Å². The van der Waals surface area contributed by atoms with Crippen molar-refractivity contribution in [2.45, 2.75) is 37.0 Å². The zero-order chi connectivity index (χ0) is 10.0. The molecular weight excluding hydrogens is 196 g/mol. The van der Waals surface area contributed by atoms with Crippen molar-refractivity contribution in [2.24, 2.45) is 5.84 Å². The number of thioether (sulfide) groups is 1. The molecular formula is C10H18N2OS. The maximum atomic E-state index is 5.63. The Balaban J connectivity index is 2.11. The summed E-state index contributed by atoms with van der Waals surface area (Å²) in [5.41, 5.74) is 2.91. The maximum absolute atomic E-state index is 5.63. The van der Waals surface area contributed by atoms with E-state index in [9.17, 15) is 0 Å². The van der Waals surface area contributed by atoms with E-state index in [0.717, 1.165) is 18.8 Å². The molecule has 2 aliphatic heterocycles. The van der Waals surface area contributed by atoms with Gasteiger partial charge in [-0.1, -0.05) is 0 Å². The lowest BCUT2D eigenvalue weighted by molar-refractivity contribution is 0.202. The van der Waals surface area contributed by atoms with Crippen LogP contribution in [0.5, 0.6) is 0 Å². The molecule has 1 saturated heterocycles. The van der Waals surface area contributed by atoms with Gasteiger partial charge < -0.3 is 4.74 Å². The lowest BCUT2D eigenvalue weighted by Crippen LogP contribution is -2.49. The third-order valence-corrected chi connectivity index (χ3v) is 4.64. The Bertz CT molecular complexity index is 236. The Morgan fingerprint density at radius 3 is 3.07 bits per heavy atom. The first kappa shape index (κ1) is 10.3. The van der Waals surface area contributed by atoms with Crippen LogP contribution >= 0.6 is 11.8 Å². The molecule has 3 N–H and O–H groups in total. The average Bonchev–Trinajstić information content (AvgIpc) is 2.78. The fraction of sp³-hybridized carbons (Fsp3) is 0.800. The van der Waals surface area contributed by atoms with Crippen LogP contribution in [0.4, 0.5) is 0 Å². The van der Waals surface area contributed by atoms with Crippen molar-refractivity contribution >= 4 is 11.8 Å². The second-order valence-electron chi connectivity index (χ2n) is 4.11. The first-order valence-corrected chi connectivity index (χ1v) is 6.18. The maximum Gasteiger partial charge on any atom is 0.112 e. The quantitative estimate of drug-likeness (QED) is 0.551. The molecule has 2 unspecified atom stereocenters. The van der Waals surface area contributed by atoms with E-state index < -0.39 is 0 Å². The number of nitrogens with one attached hydrogen (secondary N) is 1. The largest absolute Gasteiger partial charge is 0.496 e. The van der Waals surface area contributed by atoms with Gasteiger partial charge in [0.2, 0.25) is 0 Å². The average molecular weight is 214 g/mol.